The number of carbonyl (C=O) groups excluding carboxylic acids is 1. The normalized spacial score (nSPS) is 34.7. The van der Waals surface area contributed by atoms with E-state index in [1.165, 1.54) is 31.3 Å². The maximum atomic E-state index is 12.8. The summed E-state index contributed by atoms with van der Waals surface area (Å²) < 4.78 is 11.9. The Morgan fingerprint density at radius 1 is 1.21 bits per heavy atom. The molecule has 1 aromatic heterocycles. The summed E-state index contributed by atoms with van der Waals surface area (Å²) in [4.78, 5) is 17.5. The Kier molecular flexibility index (Phi) is 9.22. The molecule has 4 saturated carbocycles. The summed E-state index contributed by atoms with van der Waals surface area (Å²) in [7, 11) is 0. The predicted octanol–water partition coefficient (Wildman–Crippen LogP) is 6.11. The fourth-order valence-corrected chi connectivity index (χ4v) is 8.46. The number of aryl methyl sites for hydroxylation is 1. The van der Waals surface area contributed by atoms with Crippen LogP contribution in [-0.2, 0) is 14.9 Å². The average Bonchev–Trinajstić information content (AvgIpc) is 3.51. The van der Waals surface area contributed by atoms with Gasteiger partial charge in [-0.1, -0.05) is 38.2 Å². The molecule has 0 spiro atoms. The van der Waals surface area contributed by atoms with Crippen molar-refractivity contribution in [1.82, 2.24) is 4.98 Å². The second-order valence-electron chi connectivity index (χ2n) is 14.2. The molecule has 8 atom stereocenters. The fourth-order valence-electron chi connectivity index (χ4n) is 8.46. The van der Waals surface area contributed by atoms with Crippen molar-refractivity contribution >= 4 is 5.97 Å². The number of hydrogen-bond acceptors (Lipinski definition) is 7. The SMILES string of the molecule is C=C1/C(=C\C=C2/CCC[C@]3(C)[C@@H]([C@H](C)CC[C@@H](OC(=O)C(C)CO)C4(c5nc(C)co5)CC4)CC[C@@H]23)C[C@@H](O)C[C@@H]1O. The van der Waals surface area contributed by atoms with Gasteiger partial charge < -0.3 is 24.5 Å². The summed E-state index contributed by atoms with van der Waals surface area (Å²) in [5.74, 6) is 1.35. The van der Waals surface area contributed by atoms with Gasteiger partial charge in [0, 0.05) is 6.42 Å². The number of carbonyl (C=O) groups is 1. The maximum Gasteiger partial charge on any atom is 0.311 e. The minimum Gasteiger partial charge on any atom is -0.461 e. The van der Waals surface area contributed by atoms with E-state index < -0.39 is 18.1 Å². The van der Waals surface area contributed by atoms with Gasteiger partial charge in [0.25, 0.3) is 0 Å². The number of aliphatic hydroxyl groups excluding tert-OH is 3. The molecular formula is C35H51NO6. The highest BCUT2D eigenvalue weighted by Gasteiger charge is 2.57. The van der Waals surface area contributed by atoms with Crippen LogP contribution in [0.3, 0.4) is 0 Å². The topological polar surface area (TPSA) is 113 Å². The van der Waals surface area contributed by atoms with Gasteiger partial charge in [0.2, 0.25) is 5.89 Å². The van der Waals surface area contributed by atoms with Crippen LogP contribution in [0.5, 0.6) is 0 Å². The molecule has 1 unspecified atom stereocenters. The Balaban J connectivity index is 1.29. The van der Waals surface area contributed by atoms with Crippen LogP contribution in [0.25, 0.3) is 0 Å². The van der Waals surface area contributed by atoms with Gasteiger partial charge in [-0.3, -0.25) is 4.79 Å². The lowest BCUT2D eigenvalue weighted by molar-refractivity contribution is -0.157. The third-order valence-corrected chi connectivity index (χ3v) is 11.3. The molecule has 7 heteroatoms. The summed E-state index contributed by atoms with van der Waals surface area (Å²) in [6, 6.07) is 0. The van der Waals surface area contributed by atoms with E-state index in [0.717, 1.165) is 48.9 Å². The number of oxazole rings is 1. The Morgan fingerprint density at radius 3 is 2.64 bits per heavy atom. The number of aromatic nitrogens is 1. The number of nitrogens with zero attached hydrogens (tertiary/aromatic N) is 1. The summed E-state index contributed by atoms with van der Waals surface area (Å²) in [6.07, 6.45) is 14.8. The van der Waals surface area contributed by atoms with Crippen molar-refractivity contribution in [3.8, 4) is 0 Å². The van der Waals surface area contributed by atoms with E-state index in [1.807, 2.05) is 6.92 Å². The zero-order valence-electron chi connectivity index (χ0n) is 26.0. The number of ether oxygens (including phenoxy) is 1. The minimum atomic E-state index is -0.663. The van der Waals surface area contributed by atoms with Crippen LogP contribution < -0.4 is 0 Å². The van der Waals surface area contributed by atoms with Crippen LogP contribution in [0.4, 0.5) is 0 Å². The highest BCUT2D eigenvalue weighted by atomic mass is 16.5. The lowest BCUT2D eigenvalue weighted by Gasteiger charge is -2.44. The van der Waals surface area contributed by atoms with Crippen molar-refractivity contribution in [2.24, 2.45) is 29.1 Å². The number of fused-ring (bicyclic) bond motifs is 1. The molecule has 4 aliphatic carbocycles. The molecule has 0 radical (unpaired) electrons. The molecule has 0 amide bonds. The first-order valence-corrected chi connectivity index (χ1v) is 16.2. The van der Waals surface area contributed by atoms with Crippen LogP contribution in [0.15, 0.2) is 46.1 Å². The number of allylic oxidation sites excluding steroid dienone is 3. The quantitative estimate of drug-likeness (QED) is 0.286. The zero-order valence-corrected chi connectivity index (χ0v) is 26.0. The van der Waals surface area contributed by atoms with Gasteiger partial charge in [0.15, 0.2) is 0 Å². The summed E-state index contributed by atoms with van der Waals surface area (Å²) in [6.45, 7) is 12.3. The lowest BCUT2D eigenvalue weighted by atomic mass is 9.60. The van der Waals surface area contributed by atoms with Crippen molar-refractivity contribution in [2.75, 3.05) is 6.61 Å². The Bertz CT molecular complexity index is 1210. The summed E-state index contributed by atoms with van der Waals surface area (Å²) in [5, 5.41) is 30.0. The largest absolute Gasteiger partial charge is 0.461 e. The molecule has 1 heterocycles. The van der Waals surface area contributed by atoms with E-state index in [4.69, 9.17) is 9.15 Å². The van der Waals surface area contributed by atoms with Gasteiger partial charge >= 0.3 is 5.97 Å². The Morgan fingerprint density at radius 2 is 1.98 bits per heavy atom. The van der Waals surface area contributed by atoms with Gasteiger partial charge in [-0.05, 0) is 112 Å². The standard InChI is InChI=1S/C35H51NO6/c1-21(8-13-31(42-32(40)22(2)19-37)35(15-16-35)33-36-23(3)20-41-33)28-11-12-29-25(7-6-14-34(28,29)5)9-10-26-17-27(38)18-30(39)24(26)4/h9-10,20-22,27-31,37-39H,4,6-8,11-19H2,1-3,5H3/b25-9+,26-10-/t21-,22?,27-,28-,29+,30+,31-,34-/m1/s1. The first-order valence-electron chi connectivity index (χ1n) is 16.2. The highest BCUT2D eigenvalue weighted by molar-refractivity contribution is 5.72. The third kappa shape index (κ3) is 6.07. The van der Waals surface area contributed by atoms with Crippen molar-refractivity contribution in [3.05, 3.63) is 53.3 Å². The van der Waals surface area contributed by atoms with Gasteiger partial charge in [0.1, 0.15) is 12.4 Å². The number of aliphatic hydroxyl groups is 3. The molecule has 42 heavy (non-hydrogen) atoms. The molecule has 4 aliphatic rings. The van der Waals surface area contributed by atoms with Crippen molar-refractivity contribution in [3.63, 3.8) is 0 Å². The first-order chi connectivity index (χ1) is 20.0. The van der Waals surface area contributed by atoms with Crippen LogP contribution in [0.2, 0.25) is 0 Å². The molecule has 0 bridgehead atoms. The fraction of sp³-hybridized carbons (Fsp3) is 0.714. The van der Waals surface area contributed by atoms with Crippen molar-refractivity contribution in [1.29, 1.82) is 0 Å². The molecular weight excluding hydrogens is 530 g/mol. The molecule has 1 aromatic rings. The zero-order chi connectivity index (χ0) is 30.2. The van der Waals surface area contributed by atoms with Crippen LogP contribution in [0, 0.1) is 36.0 Å². The van der Waals surface area contributed by atoms with Gasteiger partial charge in [-0.15, -0.1) is 0 Å². The van der Waals surface area contributed by atoms with Gasteiger partial charge in [-0.25, -0.2) is 4.98 Å². The van der Waals surface area contributed by atoms with E-state index in [2.05, 4.69) is 37.6 Å². The van der Waals surface area contributed by atoms with E-state index in [9.17, 15) is 20.1 Å². The monoisotopic (exact) mass is 581 g/mol. The van der Waals surface area contributed by atoms with Gasteiger partial charge in [-0.2, -0.15) is 0 Å². The first kappa shape index (κ1) is 31.2. The maximum absolute atomic E-state index is 12.8. The van der Waals surface area contributed by atoms with Crippen LogP contribution in [0.1, 0.15) is 103 Å². The Hall–Kier alpha value is -2.22. The highest BCUT2D eigenvalue weighted by Crippen LogP contribution is 2.60. The van der Waals surface area contributed by atoms with E-state index in [-0.39, 0.29) is 29.5 Å². The number of esters is 1. The number of rotatable bonds is 10. The molecule has 5 rings (SSSR count). The third-order valence-electron chi connectivity index (χ3n) is 11.3. The van der Waals surface area contributed by atoms with Crippen LogP contribution in [-0.4, -0.2) is 51.2 Å². The molecule has 7 nitrogen and oxygen atoms in total. The lowest BCUT2D eigenvalue weighted by Crippen LogP contribution is -2.37. The summed E-state index contributed by atoms with van der Waals surface area (Å²) >= 11 is 0. The Labute approximate surface area is 251 Å². The minimum absolute atomic E-state index is 0.221. The van der Waals surface area contributed by atoms with E-state index in [1.54, 1.807) is 13.2 Å². The summed E-state index contributed by atoms with van der Waals surface area (Å²) in [5.41, 5.74) is 3.90. The predicted molar refractivity (Wildman–Crippen MR) is 161 cm³/mol. The van der Waals surface area contributed by atoms with Gasteiger partial charge in [0.05, 0.1) is 35.8 Å². The van der Waals surface area contributed by atoms with E-state index in [0.29, 0.717) is 36.5 Å². The van der Waals surface area contributed by atoms with Crippen LogP contribution >= 0.6 is 0 Å². The number of hydrogen-bond donors (Lipinski definition) is 3. The molecule has 0 saturated heterocycles. The molecule has 3 N–H and O–H groups in total. The van der Waals surface area contributed by atoms with Crippen molar-refractivity contribution in [2.45, 2.75) is 122 Å². The molecule has 232 valence electrons. The van der Waals surface area contributed by atoms with Crippen molar-refractivity contribution < 1.29 is 29.3 Å². The molecule has 0 aliphatic heterocycles. The molecule has 0 aromatic carbocycles. The second kappa shape index (κ2) is 12.4. The average molecular weight is 582 g/mol. The molecule has 4 fully saturated rings. The second-order valence-corrected chi connectivity index (χ2v) is 14.2. The van der Waals surface area contributed by atoms with E-state index >= 15 is 0 Å². The smallest absolute Gasteiger partial charge is 0.311 e.